The molecule has 2 heterocycles. The molecule has 0 aliphatic carbocycles. The van der Waals surface area contributed by atoms with E-state index in [9.17, 15) is 0 Å². The summed E-state index contributed by atoms with van der Waals surface area (Å²) < 4.78 is 2.02. The highest BCUT2D eigenvalue weighted by atomic mass is 32.2. The van der Waals surface area contributed by atoms with Crippen LogP contribution in [0.25, 0.3) is 0 Å². The molecule has 2 atom stereocenters. The van der Waals surface area contributed by atoms with Gasteiger partial charge in [-0.25, -0.2) is 0 Å². The van der Waals surface area contributed by atoms with Gasteiger partial charge in [0.1, 0.15) is 0 Å². The van der Waals surface area contributed by atoms with Crippen molar-refractivity contribution in [2.45, 2.75) is 57.4 Å². The maximum Gasteiger partial charge on any atom is 0.0522 e. The minimum Gasteiger partial charge on any atom is -0.313 e. The molecule has 1 aromatic rings. The average molecular weight is 267 g/mol. The van der Waals surface area contributed by atoms with E-state index >= 15 is 0 Å². The second-order valence-electron chi connectivity index (χ2n) is 4.98. The summed E-state index contributed by atoms with van der Waals surface area (Å²) in [5.41, 5.74) is 1.37. The Morgan fingerprint density at radius 2 is 2.39 bits per heavy atom. The number of nitrogens with zero attached hydrogens (tertiary/aromatic N) is 2. The summed E-state index contributed by atoms with van der Waals surface area (Å²) in [4.78, 5) is 0. The van der Waals surface area contributed by atoms with Crippen LogP contribution in [-0.2, 0) is 13.0 Å². The van der Waals surface area contributed by atoms with Crippen molar-refractivity contribution in [2.75, 3.05) is 12.3 Å². The zero-order valence-corrected chi connectivity index (χ0v) is 12.4. The highest BCUT2D eigenvalue weighted by molar-refractivity contribution is 8.00. The molecule has 1 aliphatic heterocycles. The minimum atomic E-state index is 0.606. The quantitative estimate of drug-likeness (QED) is 0.859. The normalized spacial score (nSPS) is 22.0. The van der Waals surface area contributed by atoms with Gasteiger partial charge in [-0.05, 0) is 44.0 Å². The SMILES string of the molecule is CCNC(Cc1cnn(CC)c1)C1CCCCS1. The van der Waals surface area contributed by atoms with Crippen LogP contribution in [-0.4, -0.2) is 33.4 Å². The molecule has 102 valence electrons. The maximum absolute atomic E-state index is 4.38. The molecule has 0 saturated carbocycles. The van der Waals surface area contributed by atoms with E-state index in [1.165, 1.54) is 30.6 Å². The van der Waals surface area contributed by atoms with Crippen LogP contribution >= 0.6 is 11.8 Å². The van der Waals surface area contributed by atoms with Gasteiger partial charge in [0.05, 0.1) is 6.20 Å². The van der Waals surface area contributed by atoms with Crippen molar-refractivity contribution in [3.63, 3.8) is 0 Å². The van der Waals surface area contributed by atoms with E-state index < -0.39 is 0 Å². The first-order chi connectivity index (χ1) is 8.83. The summed E-state index contributed by atoms with van der Waals surface area (Å²) >= 11 is 2.15. The molecule has 2 unspecified atom stereocenters. The minimum absolute atomic E-state index is 0.606. The second-order valence-corrected chi connectivity index (χ2v) is 6.32. The lowest BCUT2D eigenvalue weighted by Crippen LogP contribution is -2.41. The van der Waals surface area contributed by atoms with Crippen LogP contribution in [0.3, 0.4) is 0 Å². The van der Waals surface area contributed by atoms with Gasteiger partial charge < -0.3 is 5.32 Å². The predicted molar refractivity (Wildman–Crippen MR) is 79.2 cm³/mol. The van der Waals surface area contributed by atoms with Crippen molar-refractivity contribution in [1.82, 2.24) is 15.1 Å². The molecule has 0 bridgehead atoms. The smallest absolute Gasteiger partial charge is 0.0522 e. The fraction of sp³-hybridized carbons (Fsp3) is 0.786. The van der Waals surface area contributed by atoms with E-state index in [-0.39, 0.29) is 0 Å². The van der Waals surface area contributed by atoms with Crippen LogP contribution in [0.2, 0.25) is 0 Å². The Bertz CT molecular complexity index is 345. The monoisotopic (exact) mass is 267 g/mol. The lowest BCUT2D eigenvalue weighted by Gasteiger charge is -2.30. The van der Waals surface area contributed by atoms with Crippen molar-refractivity contribution < 1.29 is 0 Å². The fourth-order valence-corrected chi connectivity index (χ4v) is 4.05. The first-order valence-corrected chi connectivity index (χ1v) is 8.24. The van der Waals surface area contributed by atoms with Crippen molar-refractivity contribution in [2.24, 2.45) is 0 Å². The van der Waals surface area contributed by atoms with Gasteiger partial charge in [-0.3, -0.25) is 4.68 Å². The van der Waals surface area contributed by atoms with E-state index in [0.717, 1.165) is 24.8 Å². The Kier molecular flexibility index (Phi) is 5.57. The van der Waals surface area contributed by atoms with Crippen molar-refractivity contribution in [3.8, 4) is 0 Å². The predicted octanol–water partition coefficient (Wildman–Crippen LogP) is 2.71. The van der Waals surface area contributed by atoms with Crippen LogP contribution in [0.1, 0.15) is 38.7 Å². The standard InChI is InChI=1S/C14H25N3S/c1-3-15-13(14-7-5-6-8-18-14)9-12-10-16-17(4-2)11-12/h10-11,13-15H,3-9H2,1-2H3. The number of rotatable bonds is 6. The number of aromatic nitrogens is 2. The van der Waals surface area contributed by atoms with E-state index in [0.29, 0.717) is 6.04 Å². The van der Waals surface area contributed by atoms with Crippen LogP contribution in [0, 0.1) is 0 Å². The van der Waals surface area contributed by atoms with Gasteiger partial charge in [0.2, 0.25) is 0 Å². The molecule has 1 aliphatic rings. The molecule has 0 amide bonds. The summed E-state index contributed by atoms with van der Waals surface area (Å²) in [5.74, 6) is 1.33. The third kappa shape index (κ3) is 3.75. The second kappa shape index (κ2) is 7.19. The summed E-state index contributed by atoms with van der Waals surface area (Å²) in [7, 11) is 0. The van der Waals surface area contributed by atoms with Crippen molar-refractivity contribution in [3.05, 3.63) is 18.0 Å². The van der Waals surface area contributed by atoms with Crippen molar-refractivity contribution in [1.29, 1.82) is 0 Å². The summed E-state index contributed by atoms with van der Waals surface area (Å²) in [6, 6.07) is 0.606. The number of likely N-dealkylation sites (N-methyl/N-ethyl adjacent to an activating group) is 1. The Hall–Kier alpha value is -0.480. The Labute approximate surface area is 115 Å². The molecule has 2 rings (SSSR count). The number of hydrogen-bond donors (Lipinski definition) is 1. The molecule has 18 heavy (non-hydrogen) atoms. The highest BCUT2D eigenvalue weighted by Crippen LogP contribution is 2.28. The van der Waals surface area contributed by atoms with Gasteiger partial charge in [-0.15, -0.1) is 0 Å². The van der Waals surface area contributed by atoms with Gasteiger partial charge in [0, 0.05) is 24.0 Å². The zero-order valence-electron chi connectivity index (χ0n) is 11.6. The molecule has 0 aromatic carbocycles. The fourth-order valence-electron chi connectivity index (χ4n) is 2.62. The van der Waals surface area contributed by atoms with Gasteiger partial charge >= 0.3 is 0 Å². The summed E-state index contributed by atoms with van der Waals surface area (Å²) in [6.07, 6.45) is 9.50. The lowest BCUT2D eigenvalue weighted by atomic mass is 10.0. The Morgan fingerprint density at radius 1 is 1.50 bits per heavy atom. The average Bonchev–Trinajstić information content (AvgIpc) is 2.87. The Balaban J connectivity index is 1.95. The van der Waals surface area contributed by atoms with Gasteiger partial charge in [-0.2, -0.15) is 16.9 Å². The van der Waals surface area contributed by atoms with E-state index in [2.05, 4.69) is 42.2 Å². The molecule has 1 fully saturated rings. The van der Waals surface area contributed by atoms with E-state index in [4.69, 9.17) is 0 Å². The first kappa shape index (κ1) is 13.9. The first-order valence-electron chi connectivity index (χ1n) is 7.19. The molecular formula is C14H25N3S. The topological polar surface area (TPSA) is 29.9 Å². The Morgan fingerprint density at radius 3 is 3.00 bits per heavy atom. The van der Waals surface area contributed by atoms with Crippen LogP contribution < -0.4 is 5.32 Å². The molecular weight excluding hydrogens is 242 g/mol. The van der Waals surface area contributed by atoms with Gasteiger partial charge in [-0.1, -0.05) is 13.3 Å². The molecule has 0 radical (unpaired) electrons. The number of aryl methyl sites for hydroxylation is 1. The molecule has 1 N–H and O–H groups in total. The van der Waals surface area contributed by atoms with E-state index in [1.54, 1.807) is 0 Å². The zero-order chi connectivity index (χ0) is 12.8. The third-order valence-corrected chi connectivity index (χ3v) is 5.11. The van der Waals surface area contributed by atoms with E-state index in [1.807, 2.05) is 10.9 Å². The van der Waals surface area contributed by atoms with Crippen molar-refractivity contribution >= 4 is 11.8 Å². The number of hydrogen-bond acceptors (Lipinski definition) is 3. The molecule has 4 heteroatoms. The summed E-state index contributed by atoms with van der Waals surface area (Å²) in [6.45, 7) is 6.36. The van der Waals surface area contributed by atoms with Gasteiger partial charge in [0.15, 0.2) is 0 Å². The number of thioether (sulfide) groups is 1. The highest BCUT2D eigenvalue weighted by Gasteiger charge is 2.24. The molecule has 0 spiro atoms. The maximum atomic E-state index is 4.38. The van der Waals surface area contributed by atoms with Crippen LogP contribution in [0.15, 0.2) is 12.4 Å². The summed E-state index contributed by atoms with van der Waals surface area (Å²) in [5, 5.41) is 8.83. The number of nitrogens with one attached hydrogen (secondary N) is 1. The molecule has 3 nitrogen and oxygen atoms in total. The lowest BCUT2D eigenvalue weighted by molar-refractivity contribution is 0.472. The molecule has 1 saturated heterocycles. The van der Waals surface area contributed by atoms with Crippen LogP contribution in [0.4, 0.5) is 0 Å². The van der Waals surface area contributed by atoms with Crippen LogP contribution in [0.5, 0.6) is 0 Å². The molecule has 1 aromatic heterocycles. The largest absolute Gasteiger partial charge is 0.313 e. The third-order valence-electron chi connectivity index (χ3n) is 3.60. The van der Waals surface area contributed by atoms with Gasteiger partial charge in [0.25, 0.3) is 0 Å².